The number of carbonyl (C=O) groups is 2. The summed E-state index contributed by atoms with van der Waals surface area (Å²) in [6.07, 6.45) is 1.75. The van der Waals surface area contributed by atoms with Crippen LogP contribution in [0.3, 0.4) is 0 Å². The normalized spacial score (nSPS) is 18.2. The molecule has 0 aromatic heterocycles. The second kappa shape index (κ2) is 5.51. The number of hydrogen-bond acceptors (Lipinski definition) is 3. The molecule has 2 rings (SSSR count). The topological polar surface area (TPSA) is 37.4 Å². The third-order valence-electron chi connectivity index (χ3n) is 2.28. The molecule has 0 atom stereocenters. The molecule has 1 saturated heterocycles. The highest BCUT2D eigenvalue weighted by molar-refractivity contribution is 9.09. The van der Waals surface area contributed by atoms with E-state index in [4.69, 9.17) is 0 Å². The van der Waals surface area contributed by atoms with Crippen LogP contribution in [0, 0.1) is 0 Å². The van der Waals surface area contributed by atoms with Crippen LogP contribution in [-0.2, 0) is 4.79 Å². The first kappa shape index (κ1) is 12.4. The summed E-state index contributed by atoms with van der Waals surface area (Å²) in [5.41, 5.74) is 0.928. The molecule has 1 heterocycles. The lowest BCUT2D eigenvalue weighted by atomic mass is 10.2. The minimum Gasteiger partial charge on any atom is -0.268 e. The van der Waals surface area contributed by atoms with Crippen LogP contribution in [-0.4, -0.2) is 27.9 Å². The van der Waals surface area contributed by atoms with Crippen molar-refractivity contribution in [3.63, 3.8) is 0 Å². The average molecular weight is 312 g/mol. The van der Waals surface area contributed by atoms with Crippen molar-refractivity contribution in [1.29, 1.82) is 0 Å². The van der Waals surface area contributed by atoms with E-state index < -0.39 is 0 Å². The molecule has 1 aliphatic heterocycles. The number of nitrogens with zero attached hydrogens (tertiary/aromatic N) is 1. The molecule has 0 bridgehead atoms. The summed E-state index contributed by atoms with van der Waals surface area (Å²) in [6, 6.07) is 9.51. The zero-order valence-corrected chi connectivity index (χ0v) is 11.3. The summed E-state index contributed by atoms with van der Waals surface area (Å²) < 4.78 is 0. The number of alkyl halides is 1. The molecular weight excluding hydrogens is 302 g/mol. The maximum atomic E-state index is 11.9. The Morgan fingerprint density at radius 1 is 1.24 bits per heavy atom. The first-order chi connectivity index (χ1) is 8.22. The van der Waals surface area contributed by atoms with Crippen LogP contribution in [0.15, 0.2) is 35.2 Å². The van der Waals surface area contributed by atoms with Crippen LogP contribution in [0.5, 0.6) is 0 Å². The van der Waals surface area contributed by atoms with Gasteiger partial charge in [-0.1, -0.05) is 46.3 Å². The fourth-order valence-corrected chi connectivity index (χ4v) is 2.70. The van der Waals surface area contributed by atoms with Gasteiger partial charge in [0.05, 0.1) is 4.91 Å². The van der Waals surface area contributed by atoms with E-state index >= 15 is 0 Å². The molecule has 0 saturated carbocycles. The zero-order valence-electron chi connectivity index (χ0n) is 8.93. The number of rotatable bonds is 3. The van der Waals surface area contributed by atoms with Gasteiger partial charge >= 0.3 is 0 Å². The molecule has 2 amide bonds. The van der Waals surface area contributed by atoms with Gasteiger partial charge in [0.25, 0.3) is 11.1 Å². The van der Waals surface area contributed by atoms with Crippen LogP contribution in [0.25, 0.3) is 6.08 Å². The van der Waals surface area contributed by atoms with Crippen molar-refractivity contribution in [1.82, 2.24) is 4.90 Å². The van der Waals surface area contributed by atoms with Gasteiger partial charge in [0.15, 0.2) is 0 Å². The molecule has 0 spiro atoms. The first-order valence-corrected chi connectivity index (χ1v) is 7.02. The number of hydrogen-bond donors (Lipinski definition) is 0. The molecule has 0 unspecified atom stereocenters. The fourth-order valence-electron chi connectivity index (χ4n) is 1.48. The predicted octanol–water partition coefficient (Wildman–Crippen LogP) is 3.12. The van der Waals surface area contributed by atoms with Crippen molar-refractivity contribution in [3.8, 4) is 0 Å². The van der Waals surface area contributed by atoms with Gasteiger partial charge in [-0.2, -0.15) is 0 Å². The summed E-state index contributed by atoms with van der Waals surface area (Å²) in [5, 5.41) is 0.403. The van der Waals surface area contributed by atoms with E-state index in [-0.39, 0.29) is 11.1 Å². The Labute approximate surface area is 112 Å². The summed E-state index contributed by atoms with van der Waals surface area (Å²) >= 11 is 4.22. The number of halogens is 1. The van der Waals surface area contributed by atoms with Crippen molar-refractivity contribution in [2.45, 2.75) is 0 Å². The van der Waals surface area contributed by atoms with Crippen molar-refractivity contribution >= 4 is 44.9 Å². The van der Waals surface area contributed by atoms with E-state index in [1.54, 1.807) is 6.08 Å². The monoisotopic (exact) mass is 311 g/mol. The highest BCUT2D eigenvalue weighted by atomic mass is 79.9. The minimum atomic E-state index is -0.205. The van der Waals surface area contributed by atoms with E-state index in [2.05, 4.69) is 15.9 Å². The van der Waals surface area contributed by atoms with Crippen molar-refractivity contribution in [3.05, 3.63) is 40.8 Å². The maximum absolute atomic E-state index is 11.9. The Bertz CT molecular complexity index is 473. The molecule has 88 valence electrons. The molecule has 1 fully saturated rings. The predicted molar refractivity (Wildman–Crippen MR) is 72.9 cm³/mol. The lowest BCUT2D eigenvalue weighted by molar-refractivity contribution is -0.122. The average Bonchev–Trinajstić information content (AvgIpc) is 2.59. The van der Waals surface area contributed by atoms with Crippen LogP contribution in [0.1, 0.15) is 5.56 Å². The summed E-state index contributed by atoms with van der Waals surface area (Å²) in [7, 11) is 0. The zero-order chi connectivity index (χ0) is 12.3. The van der Waals surface area contributed by atoms with E-state index in [1.807, 2.05) is 30.3 Å². The molecule has 0 N–H and O–H groups in total. The van der Waals surface area contributed by atoms with Gasteiger partial charge in [-0.15, -0.1) is 0 Å². The molecule has 0 radical (unpaired) electrons. The smallest absolute Gasteiger partial charge is 0.268 e. The molecule has 0 aliphatic carbocycles. The third kappa shape index (κ3) is 2.79. The Morgan fingerprint density at radius 3 is 2.59 bits per heavy atom. The number of carbonyl (C=O) groups excluding carboxylic acids is 2. The quantitative estimate of drug-likeness (QED) is 0.636. The molecular formula is C12H10BrNO2S. The Hall–Kier alpha value is -1.07. The standard InChI is InChI=1S/C12H10BrNO2S/c13-6-7-14-11(15)10(17-12(14)16)8-9-4-2-1-3-5-9/h1-5,8H,6-7H2/b10-8-. The molecule has 1 aromatic carbocycles. The van der Waals surface area contributed by atoms with Gasteiger partial charge in [-0.25, -0.2) is 0 Å². The second-order valence-electron chi connectivity index (χ2n) is 3.43. The van der Waals surface area contributed by atoms with Crippen molar-refractivity contribution in [2.24, 2.45) is 0 Å². The van der Waals surface area contributed by atoms with Gasteiger partial charge in [-0.3, -0.25) is 14.5 Å². The Balaban J connectivity index is 2.22. The fraction of sp³-hybridized carbons (Fsp3) is 0.167. The van der Waals surface area contributed by atoms with E-state index in [1.165, 1.54) is 4.90 Å². The van der Waals surface area contributed by atoms with Gasteiger partial charge in [-0.05, 0) is 23.4 Å². The van der Waals surface area contributed by atoms with Crippen LogP contribution in [0.2, 0.25) is 0 Å². The van der Waals surface area contributed by atoms with Gasteiger partial charge in [0.1, 0.15) is 0 Å². The lowest BCUT2D eigenvalue weighted by Crippen LogP contribution is -2.29. The highest BCUT2D eigenvalue weighted by Crippen LogP contribution is 2.31. The Morgan fingerprint density at radius 2 is 1.94 bits per heavy atom. The molecule has 17 heavy (non-hydrogen) atoms. The highest BCUT2D eigenvalue weighted by Gasteiger charge is 2.34. The lowest BCUT2D eigenvalue weighted by Gasteiger charge is -2.08. The largest absolute Gasteiger partial charge is 0.293 e. The first-order valence-electron chi connectivity index (χ1n) is 5.09. The van der Waals surface area contributed by atoms with E-state index in [0.717, 1.165) is 17.3 Å². The number of benzene rings is 1. The van der Waals surface area contributed by atoms with Crippen LogP contribution >= 0.6 is 27.7 Å². The van der Waals surface area contributed by atoms with Crippen molar-refractivity contribution < 1.29 is 9.59 Å². The molecule has 1 aliphatic rings. The van der Waals surface area contributed by atoms with E-state index in [9.17, 15) is 9.59 Å². The van der Waals surface area contributed by atoms with Gasteiger partial charge in [0.2, 0.25) is 0 Å². The summed E-state index contributed by atoms with van der Waals surface area (Å²) in [5.74, 6) is -0.205. The second-order valence-corrected chi connectivity index (χ2v) is 5.22. The maximum Gasteiger partial charge on any atom is 0.293 e. The summed E-state index contributed by atoms with van der Waals surface area (Å²) in [6.45, 7) is 0.413. The van der Waals surface area contributed by atoms with Gasteiger partial charge < -0.3 is 0 Å². The third-order valence-corrected chi connectivity index (χ3v) is 3.54. The molecule has 3 nitrogen and oxygen atoms in total. The van der Waals surface area contributed by atoms with Crippen LogP contribution < -0.4 is 0 Å². The van der Waals surface area contributed by atoms with E-state index in [0.29, 0.717) is 16.8 Å². The van der Waals surface area contributed by atoms with Gasteiger partial charge in [0, 0.05) is 11.9 Å². The Kier molecular flexibility index (Phi) is 4.02. The SMILES string of the molecule is O=C1S/C(=C\c2ccccc2)C(=O)N1CCBr. The summed E-state index contributed by atoms with van der Waals surface area (Å²) in [4.78, 5) is 25.2. The molecule has 1 aromatic rings. The minimum absolute atomic E-state index is 0.198. The number of thioether (sulfide) groups is 1. The van der Waals surface area contributed by atoms with Crippen molar-refractivity contribution in [2.75, 3.05) is 11.9 Å². The number of imide groups is 1. The van der Waals surface area contributed by atoms with Crippen LogP contribution in [0.4, 0.5) is 4.79 Å². The molecule has 5 heteroatoms. The number of amides is 2.